The number of amides is 2. The van der Waals surface area contributed by atoms with Crippen LogP contribution in [0.5, 0.6) is 0 Å². The third-order valence-corrected chi connectivity index (χ3v) is 7.54. The number of hydrogen-bond donors (Lipinski definition) is 1. The molecule has 2 aliphatic carbocycles. The maximum absolute atomic E-state index is 12.3. The summed E-state index contributed by atoms with van der Waals surface area (Å²) in [5.41, 5.74) is 0. The minimum absolute atomic E-state index is 0.148. The Morgan fingerprint density at radius 3 is 1.97 bits per heavy atom. The SMILES string of the molecule is C[C@H]1[C@H](NC(=O)OCCCCC2CCCCC2)C(=O)N1OCCCCC1CCCCC1. The Morgan fingerprint density at radius 2 is 1.42 bits per heavy atom. The maximum atomic E-state index is 12.3. The number of carbonyl (C=O) groups is 2. The fraction of sp³-hybridized carbons (Fsp3) is 0.920. The molecule has 2 atom stereocenters. The van der Waals surface area contributed by atoms with Crippen molar-refractivity contribution in [2.24, 2.45) is 11.8 Å². The van der Waals surface area contributed by atoms with Crippen molar-refractivity contribution in [2.75, 3.05) is 13.2 Å². The van der Waals surface area contributed by atoms with Crippen molar-refractivity contribution in [3.05, 3.63) is 0 Å². The Morgan fingerprint density at radius 1 is 0.871 bits per heavy atom. The number of rotatable bonds is 12. The van der Waals surface area contributed by atoms with Crippen LogP contribution in [0.2, 0.25) is 0 Å². The molecule has 1 heterocycles. The van der Waals surface area contributed by atoms with E-state index in [0.717, 1.165) is 37.5 Å². The number of nitrogens with zero attached hydrogens (tertiary/aromatic N) is 1. The van der Waals surface area contributed by atoms with Crippen molar-refractivity contribution in [3.8, 4) is 0 Å². The molecule has 0 aromatic rings. The van der Waals surface area contributed by atoms with E-state index in [9.17, 15) is 9.59 Å². The van der Waals surface area contributed by atoms with Crippen molar-refractivity contribution in [2.45, 2.75) is 122 Å². The monoisotopic (exact) mass is 436 g/mol. The smallest absolute Gasteiger partial charge is 0.407 e. The summed E-state index contributed by atoms with van der Waals surface area (Å²) in [5, 5.41) is 4.11. The predicted molar refractivity (Wildman–Crippen MR) is 121 cm³/mol. The van der Waals surface area contributed by atoms with E-state index in [2.05, 4.69) is 5.32 Å². The van der Waals surface area contributed by atoms with Gasteiger partial charge in [-0.15, -0.1) is 0 Å². The molecule has 6 nitrogen and oxygen atoms in total. The second-order valence-corrected chi connectivity index (χ2v) is 10.00. The molecule has 6 heteroatoms. The zero-order valence-corrected chi connectivity index (χ0v) is 19.6. The Balaban J connectivity index is 1.19. The van der Waals surface area contributed by atoms with Crippen LogP contribution in [0.4, 0.5) is 4.79 Å². The molecule has 1 saturated heterocycles. The number of hydrogen-bond acceptors (Lipinski definition) is 4. The van der Waals surface area contributed by atoms with Gasteiger partial charge in [0.25, 0.3) is 5.91 Å². The van der Waals surface area contributed by atoms with Gasteiger partial charge in [0.05, 0.1) is 19.3 Å². The summed E-state index contributed by atoms with van der Waals surface area (Å²) in [6, 6.07) is -0.679. The number of nitrogens with one attached hydrogen (secondary N) is 1. The van der Waals surface area contributed by atoms with Crippen LogP contribution >= 0.6 is 0 Å². The minimum Gasteiger partial charge on any atom is -0.450 e. The Kier molecular flexibility index (Phi) is 10.4. The van der Waals surface area contributed by atoms with Gasteiger partial charge in [-0.05, 0) is 38.0 Å². The first-order valence-electron chi connectivity index (χ1n) is 13.0. The highest BCUT2D eigenvalue weighted by atomic mass is 16.7. The Labute approximate surface area is 188 Å². The molecule has 1 N–H and O–H groups in total. The van der Waals surface area contributed by atoms with Crippen LogP contribution in [-0.4, -0.2) is 42.4 Å². The fourth-order valence-electron chi connectivity index (χ4n) is 5.48. The van der Waals surface area contributed by atoms with E-state index in [1.807, 2.05) is 6.92 Å². The third kappa shape index (κ3) is 7.96. The molecular formula is C25H44N2O4. The van der Waals surface area contributed by atoms with Crippen LogP contribution in [0.25, 0.3) is 0 Å². The van der Waals surface area contributed by atoms with Crippen LogP contribution in [0.15, 0.2) is 0 Å². The summed E-state index contributed by atoms with van der Waals surface area (Å²) < 4.78 is 5.28. The molecule has 0 bridgehead atoms. The van der Waals surface area contributed by atoms with Crippen molar-refractivity contribution in [1.29, 1.82) is 0 Å². The third-order valence-electron chi connectivity index (χ3n) is 7.54. The molecule has 3 fully saturated rings. The lowest BCUT2D eigenvalue weighted by Crippen LogP contribution is -2.69. The molecule has 0 spiro atoms. The van der Waals surface area contributed by atoms with Gasteiger partial charge in [0.1, 0.15) is 6.04 Å². The van der Waals surface area contributed by atoms with Crippen LogP contribution in [0, 0.1) is 11.8 Å². The topological polar surface area (TPSA) is 67.9 Å². The molecule has 1 aliphatic heterocycles. The lowest BCUT2D eigenvalue weighted by Gasteiger charge is -2.43. The molecule has 0 radical (unpaired) electrons. The highest BCUT2D eigenvalue weighted by molar-refractivity contribution is 5.91. The number of unbranched alkanes of at least 4 members (excludes halogenated alkanes) is 2. The molecule has 0 aromatic heterocycles. The molecule has 2 saturated carbocycles. The number of ether oxygens (including phenoxy) is 1. The van der Waals surface area contributed by atoms with Gasteiger partial charge in [-0.3, -0.25) is 9.63 Å². The number of alkyl carbamates (subject to hydrolysis) is 1. The molecular weight excluding hydrogens is 392 g/mol. The zero-order valence-electron chi connectivity index (χ0n) is 19.6. The summed E-state index contributed by atoms with van der Waals surface area (Å²) >= 11 is 0. The van der Waals surface area contributed by atoms with Crippen LogP contribution in [0.3, 0.4) is 0 Å². The second-order valence-electron chi connectivity index (χ2n) is 10.00. The number of β-lactam (4-membered cyclic amide) rings is 1. The average molecular weight is 437 g/mol. The Bertz CT molecular complexity index is 544. The number of carbonyl (C=O) groups excluding carboxylic acids is 2. The standard InChI is InChI=1S/C25H44N2O4/c1-20-23(26-25(29)30-18-10-8-16-21-12-4-2-5-13-21)24(28)27(20)31-19-11-9-17-22-14-6-3-7-15-22/h20-23H,2-19H2,1H3,(H,26,29)/t20-,23-/m0/s1. The van der Waals surface area contributed by atoms with Crippen LogP contribution < -0.4 is 5.32 Å². The summed E-state index contributed by atoms with van der Waals surface area (Å²) in [6.45, 7) is 2.90. The summed E-state index contributed by atoms with van der Waals surface area (Å²) in [5.74, 6) is 1.59. The molecule has 31 heavy (non-hydrogen) atoms. The van der Waals surface area contributed by atoms with Crippen molar-refractivity contribution < 1.29 is 19.2 Å². The van der Waals surface area contributed by atoms with Gasteiger partial charge < -0.3 is 10.1 Å². The molecule has 0 aromatic carbocycles. The maximum Gasteiger partial charge on any atom is 0.407 e. The molecule has 0 unspecified atom stereocenters. The first kappa shape index (κ1) is 24.3. The predicted octanol–water partition coefficient (Wildman–Crippen LogP) is 5.74. The Hall–Kier alpha value is -1.30. The van der Waals surface area contributed by atoms with Crippen LogP contribution in [-0.2, 0) is 14.4 Å². The molecule has 3 aliphatic rings. The summed E-state index contributed by atoms with van der Waals surface area (Å²) in [7, 11) is 0. The van der Waals surface area contributed by atoms with Crippen LogP contribution in [0.1, 0.15) is 110 Å². The lowest BCUT2D eigenvalue weighted by molar-refractivity contribution is -0.232. The van der Waals surface area contributed by atoms with Gasteiger partial charge in [0, 0.05) is 0 Å². The van der Waals surface area contributed by atoms with E-state index >= 15 is 0 Å². The van der Waals surface area contributed by atoms with Gasteiger partial charge >= 0.3 is 6.09 Å². The van der Waals surface area contributed by atoms with Gasteiger partial charge in [-0.1, -0.05) is 83.5 Å². The van der Waals surface area contributed by atoms with Gasteiger partial charge in [-0.25, -0.2) is 9.86 Å². The van der Waals surface area contributed by atoms with Gasteiger partial charge in [-0.2, -0.15) is 0 Å². The molecule has 3 rings (SSSR count). The normalized spacial score (nSPS) is 25.3. The van der Waals surface area contributed by atoms with E-state index in [-0.39, 0.29) is 11.9 Å². The van der Waals surface area contributed by atoms with E-state index in [0.29, 0.717) is 13.2 Å². The first-order chi connectivity index (χ1) is 15.1. The lowest BCUT2D eigenvalue weighted by atomic mass is 9.86. The van der Waals surface area contributed by atoms with E-state index in [1.165, 1.54) is 82.1 Å². The van der Waals surface area contributed by atoms with Crippen molar-refractivity contribution in [3.63, 3.8) is 0 Å². The highest BCUT2D eigenvalue weighted by Gasteiger charge is 2.47. The number of hydroxylamine groups is 2. The van der Waals surface area contributed by atoms with Crippen molar-refractivity contribution in [1.82, 2.24) is 10.4 Å². The fourth-order valence-corrected chi connectivity index (χ4v) is 5.48. The van der Waals surface area contributed by atoms with Gasteiger partial charge in [0.15, 0.2) is 0 Å². The first-order valence-corrected chi connectivity index (χ1v) is 13.0. The largest absolute Gasteiger partial charge is 0.450 e. The zero-order chi connectivity index (χ0) is 21.9. The van der Waals surface area contributed by atoms with E-state index in [4.69, 9.17) is 9.57 Å². The van der Waals surface area contributed by atoms with Gasteiger partial charge in [0.2, 0.25) is 0 Å². The average Bonchev–Trinajstić information content (AvgIpc) is 2.80. The quantitative estimate of drug-likeness (QED) is 0.313. The second kappa shape index (κ2) is 13.3. The summed E-state index contributed by atoms with van der Waals surface area (Å²) in [6.07, 6.45) is 20.0. The summed E-state index contributed by atoms with van der Waals surface area (Å²) in [4.78, 5) is 30.0. The van der Waals surface area contributed by atoms with E-state index < -0.39 is 12.1 Å². The van der Waals surface area contributed by atoms with E-state index in [1.54, 1.807) is 0 Å². The molecule has 178 valence electrons. The minimum atomic E-state index is -0.531. The van der Waals surface area contributed by atoms with Crippen molar-refractivity contribution >= 4 is 12.0 Å². The molecule has 2 amide bonds. The highest BCUT2D eigenvalue weighted by Crippen LogP contribution is 2.29.